The average Bonchev–Trinajstić information content (AvgIpc) is 3.05. The molecule has 0 aliphatic carbocycles. The third-order valence-electron chi connectivity index (χ3n) is 4.31. The second kappa shape index (κ2) is 7.49. The maximum Gasteiger partial charge on any atom is 0.237 e. The molecule has 136 valence electrons. The van der Waals surface area contributed by atoms with Crippen LogP contribution in [-0.4, -0.2) is 63.0 Å². The van der Waals surface area contributed by atoms with Gasteiger partial charge in [0, 0.05) is 32.1 Å². The van der Waals surface area contributed by atoms with Gasteiger partial charge in [-0.05, 0) is 20.8 Å². The molecule has 1 aliphatic rings. The van der Waals surface area contributed by atoms with E-state index < -0.39 is 0 Å². The van der Waals surface area contributed by atoms with E-state index in [9.17, 15) is 9.59 Å². The van der Waals surface area contributed by atoms with Gasteiger partial charge in [-0.3, -0.25) is 14.5 Å². The van der Waals surface area contributed by atoms with Gasteiger partial charge in [-0.15, -0.1) is 0 Å². The molecule has 1 saturated heterocycles. The van der Waals surface area contributed by atoms with Crippen molar-refractivity contribution in [2.45, 2.75) is 45.7 Å². The fraction of sp³-hybridized carbons (Fsp3) is 0.625. The average molecular weight is 364 g/mol. The van der Waals surface area contributed by atoms with E-state index in [4.69, 9.17) is 0 Å². The van der Waals surface area contributed by atoms with Crippen molar-refractivity contribution < 1.29 is 9.59 Å². The van der Waals surface area contributed by atoms with Crippen LogP contribution in [0.5, 0.6) is 0 Å². The standard InChI is InChI=1S/C16H24N6O2S/c1-10(2)21-7-6-18-15(24)13(21)8-14(23)17-5-4-12-9-22-16(19-12)25-11(3)20-22/h9-10,13H,4-8H2,1-3H3,(H,17,23)(H,18,24)/t13-/m0/s1. The molecule has 8 nitrogen and oxygen atoms in total. The Kier molecular flexibility index (Phi) is 5.33. The second-order valence-electron chi connectivity index (χ2n) is 6.52. The molecule has 1 aliphatic heterocycles. The molecule has 3 rings (SSSR count). The number of fused-ring (bicyclic) bond motifs is 1. The summed E-state index contributed by atoms with van der Waals surface area (Å²) in [6.07, 6.45) is 2.72. The molecule has 25 heavy (non-hydrogen) atoms. The molecule has 2 amide bonds. The SMILES string of the molecule is Cc1nn2cc(CCNC(=O)C[C@H]3C(=O)NCCN3C(C)C)nc2s1. The molecule has 9 heteroatoms. The third-order valence-corrected chi connectivity index (χ3v) is 5.15. The van der Waals surface area contributed by atoms with E-state index in [-0.39, 0.29) is 30.3 Å². The van der Waals surface area contributed by atoms with E-state index in [1.54, 1.807) is 15.9 Å². The van der Waals surface area contributed by atoms with E-state index in [1.165, 1.54) is 0 Å². The van der Waals surface area contributed by atoms with E-state index >= 15 is 0 Å². The third kappa shape index (κ3) is 4.16. The van der Waals surface area contributed by atoms with Crippen LogP contribution in [0.4, 0.5) is 0 Å². The Balaban J connectivity index is 1.49. The van der Waals surface area contributed by atoms with Crippen LogP contribution in [0, 0.1) is 6.92 Å². The van der Waals surface area contributed by atoms with E-state index in [2.05, 4.69) is 25.6 Å². The van der Waals surface area contributed by atoms with Crippen molar-refractivity contribution in [2.24, 2.45) is 0 Å². The Hall–Kier alpha value is -2.00. The van der Waals surface area contributed by atoms with Gasteiger partial charge in [0.25, 0.3) is 0 Å². The maximum atomic E-state index is 12.2. The van der Waals surface area contributed by atoms with E-state index in [0.717, 1.165) is 22.2 Å². The van der Waals surface area contributed by atoms with Crippen molar-refractivity contribution in [3.05, 3.63) is 16.9 Å². The molecular formula is C16H24N6O2S. The first-order valence-corrected chi connectivity index (χ1v) is 9.37. The summed E-state index contributed by atoms with van der Waals surface area (Å²) in [6, 6.07) is -0.155. The van der Waals surface area contributed by atoms with Crippen LogP contribution in [0.15, 0.2) is 6.20 Å². The Bertz CT molecular complexity index is 736. The van der Waals surface area contributed by atoms with Crippen molar-refractivity contribution in [3.63, 3.8) is 0 Å². The smallest absolute Gasteiger partial charge is 0.237 e. The molecule has 3 heterocycles. The Morgan fingerprint density at radius 2 is 2.32 bits per heavy atom. The lowest BCUT2D eigenvalue weighted by Gasteiger charge is -2.37. The van der Waals surface area contributed by atoms with Gasteiger partial charge < -0.3 is 10.6 Å². The lowest BCUT2D eigenvalue weighted by atomic mass is 10.1. The van der Waals surface area contributed by atoms with Crippen LogP contribution < -0.4 is 10.6 Å². The molecule has 0 radical (unpaired) electrons. The summed E-state index contributed by atoms with van der Waals surface area (Å²) in [7, 11) is 0. The Labute approximate surface area is 150 Å². The van der Waals surface area contributed by atoms with Crippen molar-refractivity contribution >= 4 is 28.1 Å². The lowest BCUT2D eigenvalue weighted by molar-refractivity contribution is -0.134. The van der Waals surface area contributed by atoms with E-state index in [1.807, 2.05) is 27.0 Å². The minimum absolute atomic E-state index is 0.0640. The summed E-state index contributed by atoms with van der Waals surface area (Å²) >= 11 is 1.54. The molecule has 2 aromatic rings. The molecule has 2 aromatic heterocycles. The number of aryl methyl sites for hydroxylation is 1. The first-order chi connectivity index (χ1) is 11.9. The summed E-state index contributed by atoms with van der Waals surface area (Å²) in [6.45, 7) is 7.95. The topological polar surface area (TPSA) is 91.6 Å². The van der Waals surface area contributed by atoms with Crippen molar-refractivity contribution in [3.8, 4) is 0 Å². The number of hydrogen-bond donors (Lipinski definition) is 2. The predicted molar refractivity (Wildman–Crippen MR) is 95.6 cm³/mol. The van der Waals surface area contributed by atoms with Crippen molar-refractivity contribution in [1.29, 1.82) is 0 Å². The van der Waals surface area contributed by atoms with Crippen molar-refractivity contribution in [2.75, 3.05) is 19.6 Å². The highest BCUT2D eigenvalue weighted by atomic mass is 32.1. The number of nitrogens with one attached hydrogen (secondary N) is 2. The summed E-state index contributed by atoms with van der Waals surface area (Å²) in [5.74, 6) is -0.173. The van der Waals surface area contributed by atoms with Crippen LogP contribution in [0.1, 0.15) is 31.0 Å². The van der Waals surface area contributed by atoms with Crippen LogP contribution in [0.25, 0.3) is 4.96 Å². The monoisotopic (exact) mass is 364 g/mol. The normalized spacial score (nSPS) is 18.7. The number of amides is 2. The van der Waals surface area contributed by atoms with E-state index in [0.29, 0.717) is 19.5 Å². The van der Waals surface area contributed by atoms with Gasteiger partial charge in [0.15, 0.2) is 0 Å². The number of imidazole rings is 1. The van der Waals surface area contributed by atoms with Gasteiger partial charge in [0.2, 0.25) is 16.8 Å². The van der Waals surface area contributed by atoms with Crippen LogP contribution in [0.2, 0.25) is 0 Å². The van der Waals surface area contributed by atoms with Gasteiger partial charge in [-0.25, -0.2) is 9.50 Å². The van der Waals surface area contributed by atoms with Gasteiger partial charge >= 0.3 is 0 Å². The molecular weight excluding hydrogens is 340 g/mol. The zero-order valence-corrected chi connectivity index (χ0v) is 15.6. The second-order valence-corrected chi connectivity index (χ2v) is 7.68. The highest BCUT2D eigenvalue weighted by molar-refractivity contribution is 7.16. The van der Waals surface area contributed by atoms with Crippen molar-refractivity contribution in [1.82, 2.24) is 30.1 Å². The molecule has 0 spiro atoms. The fourth-order valence-electron chi connectivity index (χ4n) is 3.10. The Morgan fingerprint density at radius 3 is 3.04 bits per heavy atom. The molecule has 0 bridgehead atoms. The van der Waals surface area contributed by atoms with Crippen LogP contribution in [-0.2, 0) is 16.0 Å². The zero-order chi connectivity index (χ0) is 18.0. The highest BCUT2D eigenvalue weighted by Gasteiger charge is 2.32. The molecule has 1 fully saturated rings. The van der Waals surface area contributed by atoms with Gasteiger partial charge in [-0.1, -0.05) is 11.3 Å². The van der Waals surface area contributed by atoms with Gasteiger partial charge in [-0.2, -0.15) is 5.10 Å². The summed E-state index contributed by atoms with van der Waals surface area (Å²) < 4.78 is 1.77. The predicted octanol–water partition coefficient (Wildman–Crippen LogP) is 0.357. The summed E-state index contributed by atoms with van der Waals surface area (Å²) in [5, 5.41) is 11.0. The summed E-state index contributed by atoms with van der Waals surface area (Å²) in [4.78, 5) is 31.7. The number of aromatic nitrogens is 3. The number of nitrogens with zero attached hydrogens (tertiary/aromatic N) is 4. The minimum Gasteiger partial charge on any atom is -0.356 e. The van der Waals surface area contributed by atoms with Crippen LogP contribution >= 0.6 is 11.3 Å². The number of carbonyl (C=O) groups is 2. The number of hydrogen-bond acceptors (Lipinski definition) is 6. The first-order valence-electron chi connectivity index (χ1n) is 8.56. The molecule has 1 atom stereocenters. The molecule has 0 saturated carbocycles. The highest BCUT2D eigenvalue weighted by Crippen LogP contribution is 2.14. The van der Waals surface area contributed by atoms with Crippen LogP contribution in [0.3, 0.4) is 0 Å². The first kappa shape index (κ1) is 17.8. The van der Waals surface area contributed by atoms with Gasteiger partial charge in [0.05, 0.1) is 24.4 Å². The number of piperazine rings is 1. The number of rotatable bonds is 6. The molecule has 2 N–H and O–H groups in total. The zero-order valence-electron chi connectivity index (χ0n) is 14.8. The minimum atomic E-state index is -0.390. The lowest BCUT2D eigenvalue weighted by Crippen LogP contribution is -2.58. The maximum absolute atomic E-state index is 12.2. The summed E-state index contributed by atoms with van der Waals surface area (Å²) in [5.41, 5.74) is 0.901. The quantitative estimate of drug-likeness (QED) is 0.772. The fourth-order valence-corrected chi connectivity index (χ4v) is 3.85. The molecule has 0 unspecified atom stereocenters. The Morgan fingerprint density at radius 1 is 1.52 bits per heavy atom. The number of carbonyl (C=O) groups excluding carboxylic acids is 2. The van der Waals surface area contributed by atoms with Gasteiger partial charge in [0.1, 0.15) is 5.01 Å². The largest absolute Gasteiger partial charge is 0.356 e. The molecule has 0 aromatic carbocycles.